The van der Waals surface area contributed by atoms with E-state index in [0.29, 0.717) is 55.9 Å². The van der Waals surface area contributed by atoms with Crippen molar-refractivity contribution in [2.24, 2.45) is 5.10 Å². The van der Waals surface area contributed by atoms with Crippen molar-refractivity contribution in [3.05, 3.63) is 74.7 Å². The van der Waals surface area contributed by atoms with E-state index >= 15 is 0 Å². The van der Waals surface area contributed by atoms with Crippen molar-refractivity contribution >= 4 is 51.2 Å². The number of amides is 2. The molecule has 3 rings (SSSR count). The van der Waals surface area contributed by atoms with Crippen LogP contribution in [0.4, 0.5) is 5.69 Å². The van der Waals surface area contributed by atoms with Crippen LogP contribution < -0.4 is 29.7 Å². The predicted molar refractivity (Wildman–Crippen MR) is 150 cm³/mol. The number of anilines is 1. The first-order chi connectivity index (χ1) is 18.2. The minimum absolute atomic E-state index is 0.251. The third kappa shape index (κ3) is 7.62. The summed E-state index contributed by atoms with van der Waals surface area (Å²) >= 11 is 9.58. The molecule has 0 atom stereocenters. The van der Waals surface area contributed by atoms with Crippen molar-refractivity contribution in [1.29, 1.82) is 0 Å². The van der Waals surface area contributed by atoms with Gasteiger partial charge in [0.05, 0.1) is 31.5 Å². The summed E-state index contributed by atoms with van der Waals surface area (Å²) in [7, 11) is 3.01. The summed E-state index contributed by atoms with van der Waals surface area (Å²) in [6.07, 6.45) is 1.46. The molecule has 0 aliphatic heterocycles. The number of methoxy groups -OCH3 is 2. The Hall–Kier alpha value is -3.76. The molecule has 0 saturated carbocycles. The van der Waals surface area contributed by atoms with E-state index in [-0.39, 0.29) is 12.5 Å². The summed E-state index contributed by atoms with van der Waals surface area (Å²) in [5.74, 6) is 0.924. The summed E-state index contributed by atoms with van der Waals surface area (Å²) < 4.78 is 22.4. The molecule has 0 heterocycles. The maximum atomic E-state index is 12.5. The van der Waals surface area contributed by atoms with Crippen molar-refractivity contribution in [3.8, 4) is 23.0 Å². The average molecular weight is 605 g/mol. The van der Waals surface area contributed by atoms with Gasteiger partial charge in [0.25, 0.3) is 11.8 Å². The second-order valence-corrected chi connectivity index (χ2v) is 9.09. The van der Waals surface area contributed by atoms with Crippen LogP contribution in [0.25, 0.3) is 0 Å². The van der Waals surface area contributed by atoms with Gasteiger partial charge in [-0.05, 0) is 83.4 Å². The van der Waals surface area contributed by atoms with Crippen molar-refractivity contribution in [2.75, 3.05) is 32.8 Å². The van der Waals surface area contributed by atoms with Crippen molar-refractivity contribution in [2.45, 2.75) is 13.8 Å². The number of carbonyl (C=O) groups is 2. The number of hydrazone groups is 1. The molecule has 0 saturated heterocycles. The van der Waals surface area contributed by atoms with E-state index in [2.05, 4.69) is 31.8 Å². The van der Waals surface area contributed by atoms with Gasteiger partial charge in [0.2, 0.25) is 0 Å². The van der Waals surface area contributed by atoms with E-state index in [9.17, 15) is 9.59 Å². The number of aryl methyl sites for hydroxylation is 1. The minimum atomic E-state index is -0.424. The normalized spacial score (nSPS) is 10.7. The molecule has 0 fully saturated rings. The Morgan fingerprint density at radius 2 is 1.76 bits per heavy atom. The number of ether oxygens (including phenoxy) is 4. The fourth-order valence-electron chi connectivity index (χ4n) is 3.28. The van der Waals surface area contributed by atoms with E-state index < -0.39 is 5.91 Å². The molecule has 0 aliphatic rings. The number of rotatable bonds is 11. The number of nitrogens with one attached hydrogen (secondary N) is 2. The Morgan fingerprint density at radius 3 is 2.45 bits per heavy atom. The number of benzene rings is 3. The SMILES string of the molecule is CCOc1cc(/C=N/NC(=O)c2ccc(OC)c(OC)c2)cc(Br)c1OCC(=O)Nc1ccc(C)c(Cl)c1. The Labute approximate surface area is 234 Å². The van der Waals surface area contributed by atoms with Gasteiger partial charge in [-0.1, -0.05) is 17.7 Å². The van der Waals surface area contributed by atoms with Gasteiger partial charge in [0, 0.05) is 16.3 Å². The maximum Gasteiger partial charge on any atom is 0.271 e. The van der Waals surface area contributed by atoms with Crippen molar-refractivity contribution < 1.29 is 28.5 Å². The van der Waals surface area contributed by atoms with Crippen molar-refractivity contribution in [3.63, 3.8) is 0 Å². The molecule has 0 spiro atoms. The van der Waals surface area contributed by atoms with Gasteiger partial charge in [0.15, 0.2) is 29.6 Å². The Kier molecular flexibility index (Phi) is 10.4. The van der Waals surface area contributed by atoms with Gasteiger partial charge in [-0.15, -0.1) is 0 Å². The number of nitrogens with zero attached hydrogens (tertiary/aromatic N) is 1. The van der Waals surface area contributed by atoms with Crippen LogP contribution in [0.2, 0.25) is 5.02 Å². The first-order valence-electron chi connectivity index (χ1n) is 11.5. The molecule has 0 aromatic heterocycles. The Balaban J connectivity index is 1.67. The molecular formula is C27H27BrClN3O6. The molecule has 0 radical (unpaired) electrons. The monoisotopic (exact) mass is 603 g/mol. The van der Waals surface area contributed by atoms with E-state index in [1.54, 1.807) is 42.5 Å². The molecule has 0 bridgehead atoms. The third-order valence-electron chi connectivity index (χ3n) is 5.16. The third-order valence-corrected chi connectivity index (χ3v) is 6.16. The Bertz CT molecular complexity index is 1350. The first kappa shape index (κ1) is 28.8. The summed E-state index contributed by atoms with van der Waals surface area (Å²) in [4.78, 5) is 24.9. The zero-order valence-corrected chi connectivity index (χ0v) is 23.6. The maximum absolute atomic E-state index is 12.5. The van der Waals surface area contributed by atoms with Gasteiger partial charge in [0.1, 0.15) is 0 Å². The molecule has 0 unspecified atom stereocenters. The van der Waals surface area contributed by atoms with Gasteiger partial charge >= 0.3 is 0 Å². The standard InChI is InChI=1S/C27H27BrClN3O6/c1-5-37-24-11-17(14-30-32-27(34)18-7-9-22(35-3)23(12-18)36-4)10-20(28)26(24)38-15-25(33)31-19-8-6-16(2)21(29)13-19/h6-14H,5,15H2,1-4H3,(H,31,33)(H,32,34)/b30-14+. The second kappa shape index (κ2) is 13.7. The minimum Gasteiger partial charge on any atom is -0.493 e. The lowest BCUT2D eigenvalue weighted by Gasteiger charge is -2.15. The number of hydrogen-bond acceptors (Lipinski definition) is 7. The largest absolute Gasteiger partial charge is 0.493 e. The summed E-state index contributed by atoms with van der Waals surface area (Å²) in [5.41, 5.74) is 4.94. The predicted octanol–water partition coefficient (Wildman–Crippen LogP) is 5.61. The smallest absolute Gasteiger partial charge is 0.271 e. The van der Waals surface area contributed by atoms with Crippen LogP contribution in [0.15, 0.2) is 58.1 Å². The molecule has 11 heteroatoms. The molecule has 38 heavy (non-hydrogen) atoms. The summed E-state index contributed by atoms with van der Waals surface area (Å²) in [6, 6.07) is 13.5. The molecule has 200 valence electrons. The fraction of sp³-hybridized carbons (Fsp3) is 0.222. The van der Waals surface area contributed by atoms with Crippen LogP contribution in [0.1, 0.15) is 28.4 Å². The van der Waals surface area contributed by atoms with Crippen LogP contribution >= 0.6 is 27.5 Å². The van der Waals surface area contributed by atoms with Gasteiger partial charge in [-0.3, -0.25) is 9.59 Å². The van der Waals surface area contributed by atoms with Crippen LogP contribution in [-0.4, -0.2) is 45.5 Å². The lowest BCUT2D eigenvalue weighted by molar-refractivity contribution is -0.118. The zero-order valence-electron chi connectivity index (χ0n) is 21.3. The highest BCUT2D eigenvalue weighted by Crippen LogP contribution is 2.36. The highest BCUT2D eigenvalue weighted by atomic mass is 79.9. The lowest BCUT2D eigenvalue weighted by atomic mass is 10.2. The number of halogens is 2. The number of hydrogen-bond donors (Lipinski definition) is 2. The van der Waals surface area contributed by atoms with Crippen molar-refractivity contribution in [1.82, 2.24) is 5.43 Å². The lowest BCUT2D eigenvalue weighted by Crippen LogP contribution is -2.20. The molecule has 9 nitrogen and oxygen atoms in total. The fourth-order valence-corrected chi connectivity index (χ4v) is 4.03. The Morgan fingerprint density at radius 1 is 1.00 bits per heavy atom. The molecule has 3 aromatic rings. The van der Waals surface area contributed by atoms with Gasteiger partial charge in [-0.25, -0.2) is 5.43 Å². The van der Waals surface area contributed by atoms with Crippen LogP contribution in [0.5, 0.6) is 23.0 Å². The van der Waals surface area contributed by atoms with E-state index in [1.807, 2.05) is 19.9 Å². The van der Waals surface area contributed by atoms with E-state index in [1.165, 1.54) is 20.4 Å². The topological polar surface area (TPSA) is 107 Å². The molecular weight excluding hydrogens is 578 g/mol. The highest BCUT2D eigenvalue weighted by molar-refractivity contribution is 9.10. The number of carbonyl (C=O) groups excluding carboxylic acids is 2. The highest BCUT2D eigenvalue weighted by Gasteiger charge is 2.15. The molecule has 3 aromatic carbocycles. The average Bonchev–Trinajstić information content (AvgIpc) is 2.90. The summed E-state index contributed by atoms with van der Waals surface area (Å²) in [6.45, 7) is 3.83. The quantitative estimate of drug-likeness (QED) is 0.218. The molecule has 0 aliphatic carbocycles. The van der Waals surface area contributed by atoms with Crippen LogP contribution in [-0.2, 0) is 4.79 Å². The zero-order chi connectivity index (χ0) is 27.7. The van der Waals surface area contributed by atoms with Gasteiger partial charge < -0.3 is 24.3 Å². The van der Waals surface area contributed by atoms with E-state index in [0.717, 1.165) is 5.56 Å². The van der Waals surface area contributed by atoms with Crippen LogP contribution in [0.3, 0.4) is 0 Å². The summed E-state index contributed by atoms with van der Waals surface area (Å²) in [5, 5.41) is 7.34. The van der Waals surface area contributed by atoms with Crippen LogP contribution in [0, 0.1) is 6.92 Å². The van der Waals surface area contributed by atoms with Gasteiger partial charge in [-0.2, -0.15) is 5.10 Å². The molecule has 2 N–H and O–H groups in total. The first-order valence-corrected chi connectivity index (χ1v) is 12.6. The second-order valence-electron chi connectivity index (χ2n) is 7.83. The molecule has 2 amide bonds. The van der Waals surface area contributed by atoms with E-state index in [4.69, 9.17) is 30.5 Å².